The predicted octanol–water partition coefficient (Wildman–Crippen LogP) is 6.93. The van der Waals surface area contributed by atoms with Crippen molar-refractivity contribution in [3.05, 3.63) is 0 Å². The zero-order valence-electron chi connectivity index (χ0n) is 16.0. The fraction of sp³-hybridized carbons (Fsp3) is 1.00. The van der Waals surface area contributed by atoms with Gasteiger partial charge in [0.05, 0.1) is 0 Å². The molecule has 21 heavy (non-hydrogen) atoms. The average Bonchev–Trinajstić information content (AvgIpc) is 2.40. The summed E-state index contributed by atoms with van der Waals surface area (Å²) in [5.41, 5.74) is 0. The van der Waals surface area contributed by atoms with Crippen LogP contribution < -0.4 is 1.76 Å². The summed E-state index contributed by atoms with van der Waals surface area (Å²) in [5.74, 6) is 0. The monoisotopic (exact) mass is 513 g/mol. The molecular weight excluding hydrogens is 468 g/mol. The molecule has 0 atom stereocenters. The summed E-state index contributed by atoms with van der Waals surface area (Å²) in [7, 11) is 0. The maximum atomic E-state index is 4.71. The van der Waals surface area contributed by atoms with Crippen molar-refractivity contribution < 1.29 is 0 Å². The first kappa shape index (κ1) is 22.6. The second-order valence-corrected chi connectivity index (χ2v) is 35.9. The van der Waals surface area contributed by atoms with Crippen molar-refractivity contribution in [3.8, 4) is 0 Å². The van der Waals surface area contributed by atoms with E-state index in [1.165, 1.54) is 38.5 Å². The van der Waals surface area contributed by atoms with Crippen molar-refractivity contribution in [2.45, 2.75) is 107 Å². The third-order valence-corrected chi connectivity index (χ3v) is 53.2. The van der Waals surface area contributed by atoms with Gasteiger partial charge in [0.1, 0.15) is 0 Å². The van der Waals surface area contributed by atoms with E-state index >= 15 is 0 Å². The van der Waals surface area contributed by atoms with Crippen LogP contribution in [0.5, 0.6) is 0 Å². The zero-order valence-corrected chi connectivity index (χ0v) is 21.7. The van der Waals surface area contributed by atoms with E-state index in [0.29, 0.717) is 0 Å². The van der Waals surface area contributed by atoms with Crippen molar-refractivity contribution in [3.63, 3.8) is 0 Å². The first-order chi connectivity index (χ1) is 10.1. The molecule has 0 rings (SSSR count). The van der Waals surface area contributed by atoms with Gasteiger partial charge in [-0.3, -0.25) is 0 Å². The van der Waals surface area contributed by atoms with E-state index < -0.39 is 37.3 Å². The third-order valence-electron chi connectivity index (χ3n) is 4.90. The van der Waals surface area contributed by atoms with Crippen LogP contribution in [0.4, 0.5) is 0 Å². The first-order valence-electron chi connectivity index (χ1n) is 9.86. The Labute approximate surface area is 144 Å². The Balaban J connectivity index is 5.30. The quantitative estimate of drug-likeness (QED) is 0.250. The molecule has 1 nitrogen and oxygen atoms in total. The minimum absolute atomic E-state index is 1.43. The summed E-state index contributed by atoms with van der Waals surface area (Å²) in [6.45, 7) is 14.6. The fourth-order valence-electron chi connectivity index (χ4n) is 4.56. The third kappa shape index (κ3) is 8.28. The predicted molar refractivity (Wildman–Crippen MR) is 105 cm³/mol. The van der Waals surface area contributed by atoms with Crippen LogP contribution in [0.1, 0.15) is 80.1 Å². The molecule has 0 aromatic heterocycles. The van der Waals surface area contributed by atoms with E-state index in [0.717, 1.165) is 0 Å². The molecule has 0 aliphatic carbocycles. The molecule has 0 aromatic carbocycles. The van der Waals surface area contributed by atoms with Gasteiger partial charge in [0.15, 0.2) is 0 Å². The zero-order chi connectivity index (χ0) is 16.2. The Morgan fingerprint density at radius 1 is 0.429 bits per heavy atom. The van der Waals surface area contributed by atoms with Crippen molar-refractivity contribution in [2.24, 2.45) is 0 Å². The summed E-state index contributed by atoms with van der Waals surface area (Å²) in [5, 5.41) is 0. The van der Waals surface area contributed by atoms with Crippen LogP contribution in [-0.4, -0.2) is 37.3 Å². The molecule has 3 heteroatoms. The Hall–Kier alpha value is 1.56. The molecule has 128 valence electrons. The SMILES string of the molecule is CC[CH2][Sn]([CH2]CC)([CH2]CC)[NH][Sn]([CH2]CC)([CH2]CC)[CH2]CC. The van der Waals surface area contributed by atoms with Gasteiger partial charge in [0.2, 0.25) is 0 Å². The van der Waals surface area contributed by atoms with E-state index in [1.54, 1.807) is 26.6 Å². The topological polar surface area (TPSA) is 12.0 Å². The van der Waals surface area contributed by atoms with Crippen LogP contribution in [0.25, 0.3) is 0 Å². The molecule has 0 heterocycles. The van der Waals surface area contributed by atoms with Crippen molar-refractivity contribution in [2.75, 3.05) is 0 Å². The van der Waals surface area contributed by atoms with Gasteiger partial charge in [-0.25, -0.2) is 0 Å². The summed E-state index contributed by atoms with van der Waals surface area (Å²) < 4.78 is 14.3. The van der Waals surface area contributed by atoms with Gasteiger partial charge >= 0.3 is 146 Å². The molecule has 0 aromatic rings. The Morgan fingerprint density at radius 3 is 0.762 bits per heavy atom. The van der Waals surface area contributed by atoms with Gasteiger partial charge in [0.25, 0.3) is 0 Å². The van der Waals surface area contributed by atoms with Crippen LogP contribution >= 0.6 is 0 Å². The molecule has 0 aliphatic heterocycles. The van der Waals surface area contributed by atoms with Crippen LogP contribution in [0, 0.1) is 0 Å². The Kier molecular flexibility index (Phi) is 13.9. The number of rotatable bonds is 14. The van der Waals surface area contributed by atoms with Gasteiger partial charge in [-0.2, -0.15) is 0 Å². The number of hydrogen-bond acceptors (Lipinski definition) is 1. The molecule has 0 fully saturated rings. The van der Waals surface area contributed by atoms with Crippen LogP contribution in [0.2, 0.25) is 26.6 Å². The number of hydrogen-bond donors (Lipinski definition) is 1. The molecule has 0 aliphatic rings. The molecule has 0 saturated carbocycles. The summed E-state index contributed by atoms with van der Waals surface area (Å²) in [6.07, 6.45) is 8.56. The van der Waals surface area contributed by atoms with Crippen LogP contribution in [0.15, 0.2) is 0 Å². The first-order valence-corrected chi connectivity index (χ1v) is 24.8. The Bertz CT molecular complexity index is 185. The molecule has 0 radical (unpaired) electrons. The van der Waals surface area contributed by atoms with Crippen molar-refractivity contribution in [1.82, 2.24) is 1.76 Å². The standard InChI is InChI=1S/6C3H7.HN.2Sn/c6*1-3-2;;;/h6*1,3H2,2H3;1H;;. The summed E-state index contributed by atoms with van der Waals surface area (Å²) in [4.78, 5) is 0. The van der Waals surface area contributed by atoms with E-state index in [1.807, 2.05) is 0 Å². The van der Waals surface area contributed by atoms with Gasteiger partial charge < -0.3 is 0 Å². The van der Waals surface area contributed by atoms with Crippen molar-refractivity contribution in [1.29, 1.82) is 0 Å². The minimum atomic E-state index is -2.06. The van der Waals surface area contributed by atoms with Crippen LogP contribution in [0.3, 0.4) is 0 Å². The van der Waals surface area contributed by atoms with Crippen LogP contribution in [-0.2, 0) is 0 Å². The normalized spacial score (nSPS) is 12.9. The van der Waals surface area contributed by atoms with Crippen molar-refractivity contribution >= 4 is 37.3 Å². The fourth-order valence-corrected chi connectivity index (χ4v) is 66.5. The van der Waals surface area contributed by atoms with Gasteiger partial charge in [-0.05, 0) is 0 Å². The molecule has 0 amide bonds. The van der Waals surface area contributed by atoms with Gasteiger partial charge in [-0.15, -0.1) is 0 Å². The summed E-state index contributed by atoms with van der Waals surface area (Å²) in [6, 6.07) is 0. The Morgan fingerprint density at radius 2 is 0.619 bits per heavy atom. The van der Waals surface area contributed by atoms with E-state index in [2.05, 4.69) is 41.5 Å². The molecular formula is C18H43NSn2. The molecule has 0 bridgehead atoms. The van der Waals surface area contributed by atoms with E-state index in [-0.39, 0.29) is 0 Å². The number of nitrogens with one attached hydrogen (secondary N) is 1. The second-order valence-electron chi connectivity index (χ2n) is 7.19. The molecule has 0 spiro atoms. The maximum absolute atomic E-state index is 4.71. The van der Waals surface area contributed by atoms with Gasteiger partial charge in [0, 0.05) is 0 Å². The molecule has 1 N–H and O–H groups in total. The average molecular weight is 511 g/mol. The van der Waals surface area contributed by atoms with E-state index in [4.69, 9.17) is 1.76 Å². The second kappa shape index (κ2) is 12.9. The van der Waals surface area contributed by atoms with E-state index in [9.17, 15) is 0 Å². The molecule has 0 unspecified atom stereocenters. The summed E-state index contributed by atoms with van der Waals surface area (Å²) >= 11 is -4.12. The van der Waals surface area contributed by atoms with Gasteiger partial charge in [-0.1, -0.05) is 0 Å². The molecule has 0 saturated heterocycles.